The van der Waals surface area contributed by atoms with Crippen molar-refractivity contribution in [2.24, 2.45) is 0 Å². The number of thiol groups is 1. The summed E-state index contributed by atoms with van der Waals surface area (Å²) in [5.41, 5.74) is 0. The third kappa shape index (κ3) is 14.4. The van der Waals surface area contributed by atoms with Crippen molar-refractivity contribution < 1.29 is 0 Å². The molecule has 0 aliphatic heterocycles. The highest BCUT2D eigenvalue weighted by atomic mass is 32.1. The van der Waals surface area contributed by atoms with Crippen molar-refractivity contribution in [3.63, 3.8) is 0 Å². The Labute approximate surface area is 122 Å². The topological polar surface area (TPSA) is 0 Å². The SMILES string of the molecule is CCCCCCCCCCCCC(S)CCCC. The quantitative estimate of drug-likeness (QED) is 0.261. The first kappa shape index (κ1) is 18.4. The van der Waals surface area contributed by atoms with Crippen molar-refractivity contribution in [1.29, 1.82) is 0 Å². The lowest BCUT2D eigenvalue weighted by molar-refractivity contribution is 0.539. The standard InChI is InChI=1S/C17H36S/c1-3-5-7-8-9-10-11-12-13-14-16-17(18)15-6-4-2/h17-18H,3-16H2,1-2H3. The van der Waals surface area contributed by atoms with Crippen LogP contribution in [-0.2, 0) is 0 Å². The van der Waals surface area contributed by atoms with E-state index in [1.165, 1.54) is 89.9 Å². The fourth-order valence-electron chi connectivity index (χ4n) is 2.45. The monoisotopic (exact) mass is 272 g/mol. The minimum Gasteiger partial charge on any atom is -0.176 e. The van der Waals surface area contributed by atoms with Gasteiger partial charge in [-0.05, 0) is 12.8 Å². The van der Waals surface area contributed by atoms with Gasteiger partial charge in [-0.3, -0.25) is 0 Å². The lowest BCUT2D eigenvalue weighted by atomic mass is 10.0. The van der Waals surface area contributed by atoms with Crippen LogP contribution < -0.4 is 0 Å². The normalized spacial score (nSPS) is 12.8. The van der Waals surface area contributed by atoms with E-state index >= 15 is 0 Å². The summed E-state index contributed by atoms with van der Waals surface area (Å²) >= 11 is 4.66. The highest BCUT2D eigenvalue weighted by molar-refractivity contribution is 7.80. The van der Waals surface area contributed by atoms with Gasteiger partial charge in [-0.2, -0.15) is 12.6 Å². The second kappa shape index (κ2) is 15.4. The largest absolute Gasteiger partial charge is 0.176 e. The lowest BCUT2D eigenvalue weighted by Gasteiger charge is -2.09. The Morgan fingerprint density at radius 2 is 0.944 bits per heavy atom. The summed E-state index contributed by atoms with van der Waals surface area (Å²) in [5.74, 6) is 0. The Hall–Kier alpha value is 0.350. The maximum Gasteiger partial charge on any atom is 0.00168 e. The molecule has 0 bridgehead atoms. The van der Waals surface area contributed by atoms with Crippen LogP contribution in [0.4, 0.5) is 0 Å². The summed E-state index contributed by atoms with van der Waals surface area (Å²) in [6.07, 6.45) is 19.7. The molecule has 0 rings (SSSR count). The first-order chi connectivity index (χ1) is 8.81. The molecule has 0 aliphatic carbocycles. The van der Waals surface area contributed by atoms with Gasteiger partial charge in [-0.1, -0.05) is 90.9 Å². The smallest absolute Gasteiger partial charge is 0.00168 e. The van der Waals surface area contributed by atoms with Gasteiger partial charge in [0, 0.05) is 5.25 Å². The van der Waals surface area contributed by atoms with Crippen molar-refractivity contribution in [2.75, 3.05) is 0 Å². The van der Waals surface area contributed by atoms with Gasteiger partial charge in [0.1, 0.15) is 0 Å². The number of rotatable bonds is 14. The summed E-state index contributed by atoms with van der Waals surface area (Å²) in [5, 5.41) is 0.666. The van der Waals surface area contributed by atoms with Crippen LogP contribution >= 0.6 is 12.6 Å². The zero-order chi connectivity index (χ0) is 13.5. The first-order valence-electron chi connectivity index (χ1n) is 8.49. The summed E-state index contributed by atoms with van der Waals surface area (Å²) in [6.45, 7) is 4.55. The predicted molar refractivity (Wildman–Crippen MR) is 88.8 cm³/mol. The average Bonchev–Trinajstić information content (AvgIpc) is 2.38. The molecule has 1 unspecified atom stereocenters. The molecule has 0 aromatic carbocycles. The van der Waals surface area contributed by atoms with E-state index in [-0.39, 0.29) is 0 Å². The van der Waals surface area contributed by atoms with E-state index in [1.54, 1.807) is 0 Å². The fraction of sp³-hybridized carbons (Fsp3) is 1.00. The molecular formula is C17H36S. The summed E-state index contributed by atoms with van der Waals surface area (Å²) in [7, 11) is 0. The molecule has 0 nitrogen and oxygen atoms in total. The third-order valence-corrected chi connectivity index (χ3v) is 4.30. The van der Waals surface area contributed by atoms with Crippen LogP contribution in [0.25, 0.3) is 0 Å². The van der Waals surface area contributed by atoms with E-state index in [0.717, 1.165) is 0 Å². The van der Waals surface area contributed by atoms with E-state index in [4.69, 9.17) is 0 Å². The predicted octanol–water partition coefficient (Wildman–Crippen LogP) is 6.79. The minimum absolute atomic E-state index is 0.666. The van der Waals surface area contributed by atoms with Crippen LogP contribution in [0.5, 0.6) is 0 Å². The van der Waals surface area contributed by atoms with E-state index < -0.39 is 0 Å². The van der Waals surface area contributed by atoms with Gasteiger partial charge in [-0.15, -0.1) is 0 Å². The van der Waals surface area contributed by atoms with Gasteiger partial charge < -0.3 is 0 Å². The van der Waals surface area contributed by atoms with Crippen LogP contribution in [0, 0.1) is 0 Å². The molecule has 0 amide bonds. The van der Waals surface area contributed by atoms with Gasteiger partial charge in [-0.25, -0.2) is 0 Å². The number of unbranched alkanes of at least 4 members (excludes halogenated alkanes) is 10. The van der Waals surface area contributed by atoms with Crippen molar-refractivity contribution in [3.8, 4) is 0 Å². The van der Waals surface area contributed by atoms with E-state index in [2.05, 4.69) is 26.5 Å². The van der Waals surface area contributed by atoms with Crippen LogP contribution in [0.2, 0.25) is 0 Å². The molecule has 1 atom stereocenters. The van der Waals surface area contributed by atoms with Gasteiger partial charge in [0.25, 0.3) is 0 Å². The fourth-order valence-corrected chi connectivity index (χ4v) is 2.82. The third-order valence-electron chi connectivity index (χ3n) is 3.78. The molecule has 0 saturated carbocycles. The molecule has 0 N–H and O–H groups in total. The Bertz CT molecular complexity index is 145. The minimum atomic E-state index is 0.666. The molecule has 0 aliphatic rings. The molecular weight excluding hydrogens is 236 g/mol. The molecule has 0 fully saturated rings. The van der Waals surface area contributed by atoms with Gasteiger partial charge in [0.2, 0.25) is 0 Å². The summed E-state index contributed by atoms with van der Waals surface area (Å²) in [4.78, 5) is 0. The average molecular weight is 273 g/mol. The Kier molecular flexibility index (Phi) is 15.7. The van der Waals surface area contributed by atoms with Crippen LogP contribution in [0.15, 0.2) is 0 Å². The maximum absolute atomic E-state index is 4.66. The van der Waals surface area contributed by atoms with E-state index in [1.807, 2.05) is 0 Å². The lowest BCUT2D eigenvalue weighted by Crippen LogP contribution is -1.98. The Morgan fingerprint density at radius 3 is 1.44 bits per heavy atom. The zero-order valence-electron chi connectivity index (χ0n) is 12.9. The molecule has 0 aromatic rings. The molecule has 1 heteroatoms. The van der Waals surface area contributed by atoms with Crippen molar-refractivity contribution in [3.05, 3.63) is 0 Å². The van der Waals surface area contributed by atoms with Gasteiger partial charge in [0.15, 0.2) is 0 Å². The van der Waals surface area contributed by atoms with Crippen molar-refractivity contribution >= 4 is 12.6 Å². The molecule has 0 radical (unpaired) electrons. The second-order valence-corrected chi connectivity index (χ2v) is 6.50. The highest BCUT2D eigenvalue weighted by Crippen LogP contribution is 2.16. The van der Waals surface area contributed by atoms with Crippen LogP contribution in [0.1, 0.15) is 104 Å². The van der Waals surface area contributed by atoms with Crippen LogP contribution in [-0.4, -0.2) is 5.25 Å². The molecule has 110 valence electrons. The zero-order valence-corrected chi connectivity index (χ0v) is 13.8. The molecule has 18 heavy (non-hydrogen) atoms. The second-order valence-electron chi connectivity index (χ2n) is 5.77. The summed E-state index contributed by atoms with van der Waals surface area (Å²) < 4.78 is 0. The molecule has 0 spiro atoms. The Balaban J connectivity index is 3.02. The van der Waals surface area contributed by atoms with Crippen molar-refractivity contribution in [2.45, 2.75) is 109 Å². The molecule has 0 saturated heterocycles. The van der Waals surface area contributed by atoms with E-state index in [0.29, 0.717) is 5.25 Å². The number of hydrogen-bond acceptors (Lipinski definition) is 1. The Morgan fingerprint density at radius 1 is 0.556 bits per heavy atom. The first-order valence-corrected chi connectivity index (χ1v) is 9.01. The van der Waals surface area contributed by atoms with E-state index in [9.17, 15) is 0 Å². The van der Waals surface area contributed by atoms with Gasteiger partial charge >= 0.3 is 0 Å². The molecule has 0 aromatic heterocycles. The van der Waals surface area contributed by atoms with Crippen LogP contribution in [0.3, 0.4) is 0 Å². The molecule has 0 heterocycles. The highest BCUT2D eigenvalue weighted by Gasteiger charge is 2.01. The number of hydrogen-bond donors (Lipinski definition) is 1. The summed E-state index contributed by atoms with van der Waals surface area (Å²) in [6, 6.07) is 0. The van der Waals surface area contributed by atoms with Crippen molar-refractivity contribution in [1.82, 2.24) is 0 Å². The van der Waals surface area contributed by atoms with Gasteiger partial charge in [0.05, 0.1) is 0 Å². The maximum atomic E-state index is 4.66.